The first-order valence-corrected chi connectivity index (χ1v) is 8.82. The molecule has 0 bridgehead atoms. The molecule has 2 aromatic heterocycles. The molecule has 3 aromatic rings. The number of fused-ring (bicyclic) bond motifs is 1. The molecule has 7 heteroatoms. The van der Waals surface area contributed by atoms with Crippen LogP contribution in [0.3, 0.4) is 0 Å². The number of aromatic nitrogens is 3. The SMILES string of the molecule is Cn1ccc(C(=O)N2CCC(Oc3nc4ccccc4s3)CC2)n1. The van der Waals surface area contributed by atoms with Gasteiger partial charge in [-0.15, -0.1) is 0 Å². The van der Waals surface area contributed by atoms with Crippen molar-refractivity contribution < 1.29 is 9.53 Å². The fourth-order valence-corrected chi connectivity index (χ4v) is 3.79. The van der Waals surface area contributed by atoms with Gasteiger partial charge in [0.15, 0.2) is 0 Å². The maximum atomic E-state index is 12.4. The molecule has 24 heavy (non-hydrogen) atoms. The molecular weight excluding hydrogens is 324 g/mol. The van der Waals surface area contributed by atoms with Crippen LogP contribution in [-0.2, 0) is 7.05 Å². The van der Waals surface area contributed by atoms with Crippen molar-refractivity contribution in [2.24, 2.45) is 7.05 Å². The van der Waals surface area contributed by atoms with Gasteiger partial charge in [0.25, 0.3) is 11.1 Å². The number of likely N-dealkylation sites (tertiary alicyclic amines) is 1. The third-order valence-electron chi connectivity index (χ3n) is 4.20. The lowest BCUT2D eigenvalue weighted by molar-refractivity contribution is 0.0589. The van der Waals surface area contributed by atoms with Crippen molar-refractivity contribution in [1.82, 2.24) is 19.7 Å². The van der Waals surface area contributed by atoms with Gasteiger partial charge in [-0.05, 0) is 18.2 Å². The molecule has 1 saturated heterocycles. The van der Waals surface area contributed by atoms with Gasteiger partial charge in [-0.2, -0.15) is 5.10 Å². The Kier molecular flexibility index (Phi) is 3.93. The van der Waals surface area contributed by atoms with E-state index in [1.165, 1.54) is 0 Å². The summed E-state index contributed by atoms with van der Waals surface area (Å²) in [5, 5.41) is 4.90. The number of aryl methyl sites for hydroxylation is 1. The van der Waals surface area contributed by atoms with E-state index in [0.717, 1.165) is 23.1 Å². The summed E-state index contributed by atoms with van der Waals surface area (Å²) < 4.78 is 8.81. The number of nitrogens with zero attached hydrogens (tertiary/aromatic N) is 4. The quantitative estimate of drug-likeness (QED) is 0.734. The van der Waals surface area contributed by atoms with Crippen LogP contribution in [-0.4, -0.2) is 44.8 Å². The number of carbonyl (C=O) groups is 1. The molecule has 6 nitrogen and oxygen atoms in total. The number of ether oxygens (including phenoxy) is 1. The second kappa shape index (κ2) is 6.24. The largest absolute Gasteiger partial charge is 0.467 e. The Hall–Kier alpha value is -2.41. The summed E-state index contributed by atoms with van der Waals surface area (Å²) in [5.74, 6) is -0.00552. The normalized spacial score (nSPS) is 15.8. The van der Waals surface area contributed by atoms with E-state index in [1.54, 1.807) is 28.3 Å². The molecule has 0 spiro atoms. The molecule has 1 aliphatic heterocycles. The lowest BCUT2D eigenvalue weighted by Gasteiger charge is -2.31. The van der Waals surface area contributed by atoms with Crippen LogP contribution in [0.25, 0.3) is 10.2 Å². The van der Waals surface area contributed by atoms with Crippen LogP contribution in [0.2, 0.25) is 0 Å². The summed E-state index contributed by atoms with van der Waals surface area (Å²) in [4.78, 5) is 18.8. The van der Waals surface area contributed by atoms with Gasteiger partial charge >= 0.3 is 0 Å². The van der Waals surface area contributed by atoms with E-state index in [1.807, 2.05) is 36.2 Å². The van der Waals surface area contributed by atoms with Crippen LogP contribution >= 0.6 is 11.3 Å². The number of para-hydroxylation sites is 1. The van der Waals surface area contributed by atoms with E-state index in [4.69, 9.17) is 4.74 Å². The first kappa shape index (κ1) is 15.1. The lowest BCUT2D eigenvalue weighted by Crippen LogP contribution is -2.42. The molecule has 0 atom stereocenters. The minimum absolute atomic E-state index is 0.00552. The summed E-state index contributed by atoms with van der Waals surface area (Å²) >= 11 is 1.57. The first-order valence-electron chi connectivity index (χ1n) is 8.00. The molecule has 4 rings (SSSR count). The van der Waals surface area contributed by atoms with E-state index in [9.17, 15) is 4.79 Å². The van der Waals surface area contributed by atoms with Gasteiger partial charge in [-0.25, -0.2) is 4.98 Å². The first-order chi connectivity index (χ1) is 11.7. The molecule has 3 heterocycles. The Morgan fingerprint density at radius 1 is 1.25 bits per heavy atom. The van der Waals surface area contributed by atoms with Crippen LogP contribution in [0.4, 0.5) is 0 Å². The number of amides is 1. The third kappa shape index (κ3) is 2.99. The zero-order valence-corrected chi connectivity index (χ0v) is 14.2. The maximum absolute atomic E-state index is 12.4. The van der Waals surface area contributed by atoms with Crippen LogP contribution in [0, 0.1) is 0 Å². The Balaban J connectivity index is 1.36. The Bertz CT molecular complexity index is 831. The summed E-state index contributed by atoms with van der Waals surface area (Å²) in [5.41, 5.74) is 1.48. The van der Waals surface area contributed by atoms with Gasteiger partial charge in [-0.1, -0.05) is 23.5 Å². The highest BCUT2D eigenvalue weighted by atomic mass is 32.1. The number of hydrogen-bond acceptors (Lipinski definition) is 5. The highest BCUT2D eigenvalue weighted by molar-refractivity contribution is 7.20. The molecule has 124 valence electrons. The second-order valence-corrected chi connectivity index (χ2v) is 6.92. The molecule has 0 unspecified atom stereocenters. The molecule has 1 aliphatic rings. The maximum Gasteiger partial charge on any atom is 0.274 e. The van der Waals surface area contributed by atoms with Gasteiger partial charge in [0.2, 0.25) is 0 Å². The molecule has 0 N–H and O–H groups in total. The summed E-state index contributed by atoms with van der Waals surface area (Å²) in [6.07, 6.45) is 3.53. The van der Waals surface area contributed by atoms with Crippen molar-refractivity contribution in [3.8, 4) is 5.19 Å². The van der Waals surface area contributed by atoms with Crippen molar-refractivity contribution >= 4 is 27.5 Å². The zero-order chi connectivity index (χ0) is 16.5. The summed E-state index contributed by atoms with van der Waals surface area (Å²) in [6.45, 7) is 1.37. The van der Waals surface area contributed by atoms with Crippen molar-refractivity contribution in [3.05, 3.63) is 42.2 Å². The smallest absolute Gasteiger partial charge is 0.274 e. The number of benzene rings is 1. The minimum atomic E-state index is -0.00552. The molecule has 1 fully saturated rings. The standard InChI is InChI=1S/C17H18N4O2S/c1-20-9-8-14(19-20)16(22)21-10-6-12(7-11-21)23-17-18-13-4-2-3-5-15(13)24-17/h2-5,8-9,12H,6-7,10-11H2,1H3. The summed E-state index contributed by atoms with van der Waals surface area (Å²) in [7, 11) is 1.81. The van der Waals surface area contributed by atoms with Crippen molar-refractivity contribution in [2.45, 2.75) is 18.9 Å². The lowest BCUT2D eigenvalue weighted by atomic mass is 10.1. The van der Waals surface area contributed by atoms with Crippen LogP contribution in [0.15, 0.2) is 36.5 Å². The molecule has 0 saturated carbocycles. The van der Waals surface area contributed by atoms with E-state index in [2.05, 4.69) is 10.1 Å². The predicted molar refractivity (Wildman–Crippen MR) is 92.4 cm³/mol. The van der Waals surface area contributed by atoms with Crippen molar-refractivity contribution in [3.63, 3.8) is 0 Å². The van der Waals surface area contributed by atoms with E-state index >= 15 is 0 Å². The fourth-order valence-electron chi connectivity index (χ4n) is 2.91. The number of rotatable bonds is 3. The van der Waals surface area contributed by atoms with Gasteiger partial charge in [0.05, 0.1) is 10.2 Å². The average molecular weight is 342 g/mol. The van der Waals surface area contributed by atoms with Crippen LogP contribution in [0.1, 0.15) is 23.3 Å². The molecule has 1 amide bonds. The van der Waals surface area contributed by atoms with E-state index < -0.39 is 0 Å². The summed E-state index contributed by atoms with van der Waals surface area (Å²) in [6, 6.07) is 9.78. The van der Waals surface area contributed by atoms with Gasteiger partial charge in [0.1, 0.15) is 11.8 Å². The van der Waals surface area contributed by atoms with Crippen LogP contribution in [0.5, 0.6) is 5.19 Å². The molecule has 1 aromatic carbocycles. The van der Waals surface area contributed by atoms with E-state index in [-0.39, 0.29) is 12.0 Å². The highest BCUT2D eigenvalue weighted by Gasteiger charge is 2.26. The average Bonchev–Trinajstić information content (AvgIpc) is 3.20. The van der Waals surface area contributed by atoms with Gasteiger partial charge < -0.3 is 9.64 Å². The number of carbonyl (C=O) groups excluding carboxylic acids is 1. The van der Waals surface area contributed by atoms with Gasteiger partial charge in [-0.3, -0.25) is 9.48 Å². The van der Waals surface area contributed by atoms with Gasteiger partial charge in [0, 0.05) is 39.2 Å². The van der Waals surface area contributed by atoms with Crippen LogP contribution < -0.4 is 4.74 Å². The Morgan fingerprint density at radius 2 is 2.04 bits per heavy atom. The molecule has 0 aliphatic carbocycles. The molecule has 0 radical (unpaired) electrons. The second-order valence-electron chi connectivity index (χ2n) is 5.93. The third-order valence-corrected chi connectivity index (χ3v) is 5.13. The van der Waals surface area contributed by atoms with Crippen molar-refractivity contribution in [1.29, 1.82) is 0 Å². The number of thiazole rings is 1. The molecular formula is C17H18N4O2S. The number of hydrogen-bond donors (Lipinski definition) is 0. The van der Waals surface area contributed by atoms with Crippen molar-refractivity contribution in [2.75, 3.05) is 13.1 Å². The predicted octanol–water partition coefficient (Wildman–Crippen LogP) is 2.71. The fraction of sp³-hybridized carbons (Fsp3) is 0.353. The zero-order valence-electron chi connectivity index (χ0n) is 13.4. The van der Waals surface area contributed by atoms with E-state index in [0.29, 0.717) is 24.0 Å². The Labute approximate surface area is 143 Å². The Morgan fingerprint density at radius 3 is 2.75 bits per heavy atom. The number of piperidine rings is 1. The monoisotopic (exact) mass is 342 g/mol. The topological polar surface area (TPSA) is 60.2 Å². The minimum Gasteiger partial charge on any atom is -0.467 e. The highest BCUT2D eigenvalue weighted by Crippen LogP contribution is 2.29.